The van der Waals surface area contributed by atoms with Crippen molar-refractivity contribution in [2.75, 3.05) is 19.0 Å². The topological polar surface area (TPSA) is 98.5 Å². The van der Waals surface area contributed by atoms with Gasteiger partial charge in [-0.3, -0.25) is 4.79 Å². The lowest BCUT2D eigenvalue weighted by molar-refractivity contribution is -0.171. The first-order chi connectivity index (χ1) is 15.4. The summed E-state index contributed by atoms with van der Waals surface area (Å²) in [4.78, 5) is 17.5. The Kier molecular flexibility index (Phi) is 6.38. The zero-order chi connectivity index (χ0) is 22.7. The summed E-state index contributed by atoms with van der Waals surface area (Å²) in [5.74, 6) is 0.344. The Morgan fingerprint density at radius 2 is 1.94 bits per heavy atom. The molecule has 3 aromatic rings. The van der Waals surface area contributed by atoms with Gasteiger partial charge in [0.2, 0.25) is 11.1 Å². The number of thioether (sulfide) groups is 1. The van der Waals surface area contributed by atoms with E-state index in [0.29, 0.717) is 22.6 Å². The molecule has 0 fully saturated rings. The molecule has 0 saturated heterocycles. The number of aromatic nitrogens is 3. The van der Waals surface area contributed by atoms with Crippen molar-refractivity contribution in [1.29, 1.82) is 0 Å². The van der Waals surface area contributed by atoms with E-state index in [9.17, 15) is 9.90 Å². The number of methoxy groups -OCH3 is 1. The number of aliphatic hydroxyl groups is 1. The van der Waals surface area contributed by atoms with Crippen molar-refractivity contribution in [2.45, 2.75) is 36.5 Å². The van der Waals surface area contributed by atoms with Gasteiger partial charge in [-0.25, -0.2) is 0 Å². The third kappa shape index (κ3) is 4.31. The lowest BCUT2D eigenvalue weighted by Gasteiger charge is -2.41. The van der Waals surface area contributed by atoms with Gasteiger partial charge >= 0.3 is 5.97 Å². The number of esters is 1. The third-order valence-corrected chi connectivity index (χ3v) is 6.36. The van der Waals surface area contributed by atoms with Crippen LogP contribution >= 0.6 is 11.8 Å². The molecule has 0 saturated carbocycles. The molecular weight excluding hydrogens is 428 g/mol. The molecular formula is C23H26N4O4S. The Morgan fingerprint density at radius 1 is 1.22 bits per heavy atom. The number of hydrogen-bond donors (Lipinski definition) is 2. The first-order valence-corrected chi connectivity index (χ1v) is 11.4. The van der Waals surface area contributed by atoms with Crippen LogP contribution in [-0.2, 0) is 21.0 Å². The Balaban J connectivity index is 1.67. The van der Waals surface area contributed by atoms with Crippen molar-refractivity contribution in [3.05, 3.63) is 65.7 Å². The van der Waals surface area contributed by atoms with E-state index >= 15 is 0 Å². The highest BCUT2D eigenvalue weighted by molar-refractivity contribution is 7.98. The van der Waals surface area contributed by atoms with Gasteiger partial charge < -0.3 is 19.9 Å². The molecule has 2 N–H and O–H groups in total. The van der Waals surface area contributed by atoms with Gasteiger partial charge in [0.05, 0.1) is 19.8 Å². The van der Waals surface area contributed by atoms with Crippen LogP contribution in [0.3, 0.4) is 0 Å². The van der Waals surface area contributed by atoms with E-state index < -0.39 is 23.7 Å². The van der Waals surface area contributed by atoms with E-state index in [2.05, 4.69) is 15.4 Å². The molecule has 0 amide bonds. The predicted octanol–water partition coefficient (Wildman–Crippen LogP) is 3.59. The molecule has 1 aliphatic rings. The van der Waals surface area contributed by atoms with Crippen molar-refractivity contribution in [3.8, 4) is 5.75 Å². The average Bonchev–Trinajstić information content (AvgIpc) is 3.22. The van der Waals surface area contributed by atoms with Gasteiger partial charge in [0.15, 0.2) is 5.72 Å². The molecule has 1 aromatic heterocycles. The van der Waals surface area contributed by atoms with Gasteiger partial charge in [0.1, 0.15) is 11.7 Å². The molecule has 32 heavy (non-hydrogen) atoms. The van der Waals surface area contributed by atoms with Crippen LogP contribution in [0.15, 0.2) is 59.8 Å². The molecule has 9 heteroatoms. The second-order valence-corrected chi connectivity index (χ2v) is 8.57. The maximum absolute atomic E-state index is 12.9. The minimum Gasteiger partial charge on any atom is -0.497 e. The predicted molar refractivity (Wildman–Crippen MR) is 121 cm³/mol. The lowest BCUT2D eigenvalue weighted by atomic mass is 9.83. The van der Waals surface area contributed by atoms with Gasteiger partial charge in [-0.15, -0.1) is 5.10 Å². The van der Waals surface area contributed by atoms with Crippen LogP contribution in [0.2, 0.25) is 0 Å². The van der Waals surface area contributed by atoms with Crippen LogP contribution in [0.25, 0.3) is 0 Å². The molecule has 2 heterocycles. The largest absolute Gasteiger partial charge is 0.497 e. The van der Waals surface area contributed by atoms with E-state index in [1.165, 1.54) is 16.4 Å². The van der Waals surface area contributed by atoms with Crippen molar-refractivity contribution in [3.63, 3.8) is 0 Å². The highest BCUT2D eigenvalue weighted by Gasteiger charge is 2.51. The molecule has 0 spiro atoms. The fraction of sp³-hybridized carbons (Fsp3) is 0.348. The minimum absolute atomic E-state index is 0.211. The monoisotopic (exact) mass is 454 g/mol. The first-order valence-electron chi connectivity index (χ1n) is 10.4. The second-order valence-electron chi connectivity index (χ2n) is 7.62. The van der Waals surface area contributed by atoms with Gasteiger partial charge in [0.25, 0.3) is 0 Å². The third-order valence-electron chi connectivity index (χ3n) is 5.45. The Labute approximate surface area is 191 Å². The molecule has 3 unspecified atom stereocenters. The summed E-state index contributed by atoms with van der Waals surface area (Å²) in [5, 5.41) is 19.8. The maximum Gasteiger partial charge on any atom is 0.316 e. The van der Waals surface area contributed by atoms with Crippen molar-refractivity contribution < 1.29 is 19.4 Å². The van der Waals surface area contributed by atoms with Crippen molar-refractivity contribution in [1.82, 2.24) is 14.8 Å². The molecule has 4 rings (SSSR count). The van der Waals surface area contributed by atoms with Gasteiger partial charge in [0, 0.05) is 5.75 Å². The molecule has 8 nitrogen and oxygen atoms in total. The summed E-state index contributed by atoms with van der Waals surface area (Å²) in [5.41, 5.74) is 0.304. The Bertz CT molecular complexity index is 1070. The number of carbonyl (C=O) groups excluding carboxylic acids is 1. The molecule has 2 aromatic carbocycles. The summed E-state index contributed by atoms with van der Waals surface area (Å²) in [6, 6.07) is 16.8. The second kappa shape index (κ2) is 9.22. The molecule has 168 valence electrons. The minimum atomic E-state index is -1.64. The maximum atomic E-state index is 12.9. The average molecular weight is 455 g/mol. The van der Waals surface area contributed by atoms with Crippen LogP contribution in [0.1, 0.15) is 31.0 Å². The van der Waals surface area contributed by atoms with E-state index in [1.54, 1.807) is 21.0 Å². The number of benzene rings is 2. The number of nitrogens with one attached hydrogen (secondary N) is 1. The lowest BCUT2D eigenvalue weighted by Crippen LogP contribution is -2.52. The number of nitrogens with zero attached hydrogens (tertiary/aromatic N) is 3. The number of fused-ring (bicyclic) bond motifs is 1. The standard InChI is InChI=1S/C23H26N4O4S/c1-4-31-20(28)18-19(16-10-12-17(30-3)13-11-16)24-21-25-22(26-27(21)23(18,2)29)32-14-15-8-6-5-7-9-15/h5-13,18-19,29H,4,14H2,1-3H3,(H,24,25,26). The summed E-state index contributed by atoms with van der Waals surface area (Å²) in [7, 11) is 1.59. The summed E-state index contributed by atoms with van der Waals surface area (Å²) < 4.78 is 11.9. The SMILES string of the molecule is CCOC(=O)C1C(c2ccc(OC)cc2)Nc2nc(SCc3ccccc3)nn2C1(C)O. The van der Waals surface area contributed by atoms with Crippen molar-refractivity contribution in [2.24, 2.45) is 5.92 Å². The molecule has 1 aliphatic heterocycles. The Hall–Kier alpha value is -3.04. The summed E-state index contributed by atoms with van der Waals surface area (Å²) in [6.07, 6.45) is 0. The van der Waals surface area contributed by atoms with E-state index in [1.807, 2.05) is 54.6 Å². The van der Waals surface area contributed by atoms with Gasteiger partial charge in [-0.2, -0.15) is 9.67 Å². The summed E-state index contributed by atoms with van der Waals surface area (Å²) >= 11 is 1.46. The fourth-order valence-electron chi connectivity index (χ4n) is 3.83. The number of anilines is 1. The zero-order valence-corrected chi connectivity index (χ0v) is 19.0. The molecule has 0 radical (unpaired) electrons. The Morgan fingerprint density at radius 3 is 2.59 bits per heavy atom. The number of hydrogen-bond acceptors (Lipinski definition) is 8. The number of rotatable bonds is 7. The highest BCUT2D eigenvalue weighted by atomic mass is 32.2. The van der Waals surface area contributed by atoms with Crippen LogP contribution in [0, 0.1) is 5.92 Å². The molecule has 0 bridgehead atoms. The van der Waals surface area contributed by atoms with Gasteiger partial charge in [-0.05, 0) is 37.1 Å². The molecule has 3 atom stereocenters. The fourth-order valence-corrected chi connectivity index (χ4v) is 4.61. The summed E-state index contributed by atoms with van der Waals surface area (Å²) in [6.45, 7) is 3.52. The smallest absolute Gasteiger partial charge is 0.316 e. The molecule has 0 aliphatic carbocycles. The zero-order valence-electron chi connectivity index (χ0n) is 18.2. The van der Waals surface area contributed by atoms with E-state index in [4.69, 9.17) is 9.47 Å². The normalized spacial score (nSPS) is 22.0. The highest BCUT2D eigenvalue weighted by Crippen LogP contribution is 2.43. The van der Waals surface area contributed by atoms with Crippen LogP contribution in [0.5, 0.6) is 5.75 Å². The van der Waals surface area contributed by atoms with E-state index in [-0.39, 0.29) is 6.61 Å². The first kappa shape index (κ1) is 22.2. The van der Waals surface area contributed by atoms with Crippen molar-refractivity contribution >= 4 is 23.7 Å². The number of ether oxygens (including phenoxy) is 2. The van der Waals surface area contributed by atoms with Crippen LogP contribution in [0.4, 0.5) is 5.95 Å². The quantitative estimate of drug-likeness (QED) is 0.413. The van der Waals surface area contributed by atoms with Crippen LogP contribution in [-0.4, -0.2) is 39.6 Å². The van der Waals surface area contributed by atoms with Crippen LogP contribution < -0.4 is 10.1 Å². The number of carbonyl (C=O) groups is 1. The van der Waals surface area contributed by atoms with Gasteiger partial charge in [-0.1, -0.05) is 54.2 Å². The van der Waals surface area contributed by atoms with E-state index in [0.717, 1.165) is 11.1 Å².